The van der Waals surface area contributed by atoms with Crippen molar-refractivity contribution in [3.05, 3.63) is 0 Å². The van der Waals surface area contributed by atoms with Crippen LogP contribution in [-0.2, 0) is 23.7 Å². The molecule has 2 heterocycles. The molecule has 2 aliphatic rings. The maximum Gasteiger partial charge on any atom is 0.407 e. The van der Waals surface area contributed by atoms with Crippen LogP contribution in [0.5, 0.6) is 0 Å². The van der Waals surface area contributed by atoms with Gasteiger partial charge >= 0.3 is 6.09 Å². The summed E-state index contributed by atoms with van der Waals surface area (Å²) in [6.07, 6.45) is -2.18. The van der Waals surface area contributed by atoms with E-state index in [1.807, 2.05) is 0 Å². The molecule has 0 aliphatic carbocycles. The zero-order valence-electron chi connectivity index (χ0n) is 15.2. The number of alkyl carbamates (subject to hydrolysis) is 1. The van der Waals surface area contributed by atoms with Gasteiger partial charge in [-0.05, 0) is 41.0 Å². The third kappa shape index (κ3) is 4.58. The Morgan fingerprint density at radius 1 is 1.33 bits per heavy atom. The summed E-state index contributed by atoms with van der Waals surface area (Å²) in [6, 6.07) is -0.490. The summed E-state index contributed by atoms with van der Waals surface area (Å²) in [4.78, 5) is 12.1. The van der Waals surface area contributed by atoms with E-state index in [1.165, 1.54) is 0 Å². The Labute approximate surface area is 142 Å². The van der Waals surface area contributed by atoms with E-state index in [-0.39, 0.29) is 6.61 Å². The molecule has 8 nitrogen and oxygen atoms in total. The van der Waals surface area contributed by atoms with Gasteiger partial charge in [-0.2, -0.15) is 0 Å². The second-order valence-electron chi connectivity index (χ2n) is 7.53. The number of nitrogens with one attached hydrogen (secondary N) is 1. The molecule has 140 valence electrons. The fraction of sp³-hybridized carbons (Fsp3) is 0.938. The van der Waals surface area contributed by atoms with Gasteiger partial charge in [-0.15, -0.1) is 0 Å². The highest BCUT2D eigenvalue weighted by Gasteiger charge is 2.57. The molecule has 0 unspecified atom stereocenters. The monoisotopic (exact) mass is 347 g/mol. The highest BCUT2D eigenvalue weighted by atomic mass is 16.8. The van der Waals surface area contributed by atoms with Gasteiger partial charge in [0.15, 0.2) is 12.1 Å². The van der Waals surface area contributed by atoms with Crippen molar-refractivity contribution in [1.29, 1.82) is 0 Å². The molecule has 2 N–H and O–H groups in total. The second-order valence-corrected chi connectivity index (χ2v) is 7.53. The van der Waals surface area contributed by atoms with Gasteiger partial charge in [-0.25, -0.2) is 4.79 Å². The smallest absolute Gasteiger partial charge is 0.407 e. The van der Waals surface area contributed by atoms with Crippen molar-refractivity contribution < 1.29 is 33.6 Å². The van der Waals surface area contributed by atoms with E-state index in [0.717, 1.165) is 0 Å². The Balaban J connectivity index is 2.06. The number of carbonyl (C=O) groups is 1. The van der Waals surface area contributed by atoms with Gasteiger partial charge in [0, 0.05) is 13.7 Å². The zero-order valence-corrected chi connectivity index (χ0v) is 15.2. The van der Waals surface area contributed by atoms with Crippen LogP contribution in [-0.4, -0.2) is 66.9 Å². The summed E-state index contributed by atoms with van der Waals surface area (Å²) < 4.78 is 28.3. The summed E-state index contributed by atoms with van der Waals surface area (Å²) in [7, 11) is 1.56. The maximum absolute atomic E-state index is 12.1. The first-order chi connectivity index (χ1) is 11.1. The molecule has 2 saturated heterocycles. The van der Waals surface area contributed by atoms with Crippen LogP contribution in [0.2, 0.25) is 0 Å². The Kier molecular flexibility index (Phi) is 5.76. The van der Waals surface area contributed by atoms with Crippen LogP contribution in [0.4, 0.5) is 4.79 Å². The van der Waals surface area contributed by atoms with E-state index >= 15 is 0 Å². The van der Waals surface area contributed by atoms with Crippen molar-refractivity contribution in [3.8, 4) is 0 Å². The minimum atomic E-state index is -0.748. The molecule has 1 amide bonds. The minimum Gasteiger partial charge on any atom is -0.444 e. The number of amides is 1. The first-order valence-electron chi connectivity index (χ1n) is 8.20. The van der Waals surface area contributed by atoms with Crippen LogP contribution in [0, 0.1) is 0 Å². The lowest BCUT2D eigenvalue weighted by atomic mass is 10.0. The fourth-order valence-electron chi connectivity index (χ4n) is 3.01. The van der Waals surface area contributed by atoms with Gasteiger partial charge < -0.3 is 34.1 Å². The number of methoxy groups -OCH3 is 1. The molecule has 8 heteroatoms. The molecule has 24 heavy (non-hydrogen) atoms. The fourth-order valence-corrected chi connectivity index (χ4v) is 3.01. The number of hydrogen-bond donors (Lipinski definition) is 2. The van der Waals surface area contributed by atoms with Gasteiger partial charge in [-0.1, -0.05) is 0 Å². The van der Waals surface area contributed by atoms with Crippen LogP contribution >= 0.6 is 0 Å². The van der Waals surface area contributed by atoms with Crippen LogP contribution in [0.15, 0.2) is 0 Å². The van der Waals surface area contributed by atoms with E-state index in [0.29, 0.717) is 6.42 Å². The highest BCUT2D eigenvalue weighted by molar-refractivity contribution is 5.68. The molecular weight excluding hydrogens is 318 g/mol. The van der Waals surface area contributed by atoms with E-state index in [1.54, 1.807) is 41.7 Å². The Hall–Kier alpha value is -0.930. The quantitative estimate of drug-likeness (QED) is 0.770. The van der Waals surface area contributed by atoms with Crippen LogP contribution < -0.4 is 5.32 Å². The van der Waals surface area contributed by atoms with Crippen molar-refractivity contribution in [2.75, 3.05) is 13.7 Å². The van der Waals surface area contributed by atoms with Crippen molar-refractivity contribution >= 4 is 6.09 Å². The lowest BCUT2D eigenvalue weighted by Crippen LogP contribution is -2.51. The molecule has 5 atom stereocenters. The number of ether oxygens (including phenoxy) is 5. The second kappa shape index (κ2) is 7.13. The average Bonchev–Trinajstić information content (AvgIpc) is 2.87. The molecule has 2 aliphatic heterocycles. The van der Waals surface area contributed by atoms with Crippen molar-refractivity contribution in [3.63, 3.8) is 0 Å². The first kappa shape index (κ1) is 19.4. The van der Waals surface area contributed by atoms with Crippen LogP contribution in [0.3, 0.4) is 0 Å². The third-order valence-corrected chi connectivity index (χ3v) is 3.84. The minimum absolute atomic E-state index is 0.112. The predicted molar refractivity (Wildman–Crippen MR) is 84.4 cm³/mol. The number of fused-ring (bicyclic) bond motifs is 1. The summed E-state index contributed by atoms with van der Waals surface area (Å²) >= 11 is 0. The van der Waals surface area contributed by atoms with E-state index in [2.05, 4.69) is 5.32 Å². The molecular formula is C16H29NO7. The largest absolute Gasteiger partial charge is 0.444 e. The molecule has 0 aromatic carbocycles. The topological polar surface area (TPSA) is 95.5 Å². The van der Waals surface area contributed by atoms with E-state index in [9.17, 15) is 9.90 Å². The van der Waals surface area contributed by atoms with E-state index < -0.39 is 48.1 Å². The lowest BCUT2D eigenvalue weighted by Gasteiger charge is -2.31. The molecule has 0 aromatic rings. The number of hydrogen-bond acceptors (Lipinski definition) is 7. The van der Waals surface area contributed by atoms with Crippen molar-refractivity contribution in [2.45, 2.75) is 83.1 Å². The summed E-state index contributed by atoms with van der Waals surface area (Å²) in [6.45, 7) is 8.85. The van der Waals surface area contributed by atoms with Crippen molar-refractivity contribution in [2.24, 2.45) is 0 Å². The van der Waals surface area contributed by atoms with Crippen LogP contribution in [0.25, 0.3) is 0 Å². The molecule has 0 spiro atoms. The van der Waals surface area contributed by atoms with Gasteiger partial charge in [0.1, 0.15) is 23.9 Å². The Morgan fingerprint density at radius 2 is 2.00 bits per heavy atom. The number of carbonyl (C=O) groups excluding carboxylic acids is 1. The Morgan fingerprint density at radius 3 is 2.54 bits per heavy atom. The molecule has 0 radical (unpaired) electrons. The van der Waals surface area contributed by atoms with E-state index in [4.69, 9.17) is 23.7 Å². The first-order valence-corrected chi connectivity index (χ1v) is 8.20. The summed E-state index contributed by atoms with van der Waals surface area (Å²) in [5, 5.41) is 12.1. The predicted octanol–water partition coefficient (Wildman–Crippen LogP) is 1.15. The zero-order chi connectivity index (χ0) is 18.1. The maximum atomic E-state index is 12.1. The molecule has 2 fully saturated rings. The number of rotatable bonds is 5. The van der Waals surface area contributed by atoms with Gasteiger partial charge in [-0.3, -0.25) is 0 Å². The summed E-state index contributed by atoms with van der Waals surface area (Å²) in [5.74, 6) is -0.748. The van der Waals surface area contributed by atoms with Gasteiger partial charge in [0.2, 0.25) is 0 Å². The molecule has 2 rings (SSSR count). The number of aliphatic hydroxyl groups is 1. The summed E-state index contributed by atoms with van der Waals surface area (Å²) in [5.41, 5.74) is -0.613. The SMILES string of the molecule is CO[C@@H]1[C@H]2OC(C)(C)O[C@H]2O[C@@H]1[C@H](CCO)NC(=O)OC(C)(C)C. The molecule has 0 bridgehead atoms. The van der Waals surface area contributed by atoms with Crippen LogP contribution in [0.1, 0.15) is 41.0 Å². The standard InChI is InChI=1S/C16H29NO7/c1-15(2,3)24-14(19)17-9(7-8-18)10-11(20-6)12-13(21-10)23-16(4,5)22-12/h9-13,18H,7-8H2,1-6H3,(H,17,19)/t9-,10+,11-,12+,13+/m0/s1. The lowest BCUT2D eigenvalue weighted by molar-refractivity contribution is -0.220. The van der Waals surface area contributed by atoms with Gasteiger partial charge in [0.25, 0.3) is 0 Å². The average molecular weight is 347 g/mol. The van der Waals surface area contributed by atoms with Crippen molar-refractivity contribution in [1.82, 2.24) is 5.32 Å². The Bertz CT molecular complexity index is 448. The normalized spacial score (nSPS) is 33.1. The molecule has 0 saturated carbocycles. The molecule has 0 aromatic heterocycles. The highest BCUT2D eigenvalue weighted by Crippen LogP contribution is 2.39. The van der Waals surface area contributed by atoms with Gasteiger partial charge in [0.05, 0.1) is 6.04 Å². The number of aliphatic hydroxyl groups excluding tert-OH is 1. The third-order valence-electron chi connectivity index (χ3n) is 3.84.